The van der Waals surface area contributed by atoms with Crippen molar-refractivity contribution < 1.29 is 14.3 Å². The van der Waals surface area contributed by atoms with Crippen molar-refractivity contribution in [3.05, 3.63) is 53.1 Å². The number of carbonyl (C=O) groups excluding carboxylic acids is 1. The summed E-state index contributed by atoms with van der Waals surface area (Å²) in [7, 11) is 0. The molecule has 5 heteroatoms. The second-order valence-corrected chi connectivity index (χ2v) is 6.28. The molecule has 0 unspecified atom stereocenters. The molecule has 1 aliphatic carbocycles. The monoisotopic (exact) mass is 345 g/mol. The van der Waals surface area contributed by atoms with Crippen molar-refractivity contribution in [2.75, 3.05) is 13.2 Å². The number of amides is 1. The van der Waals surface area contributed by atoms with Gasteiger partial charge in [-0.3, -0.25) is 4.79 Å². The summed E-state index contributed by atoms with van der Waals surface area (Å²) in [6.45, 7) is 2.85. The van der Waals surface area contributed by atoms with E-state index in [2.05, 4.69) is 5.32 Å². The average molecular weight is 346 g/mol. The van der Waals surface area contributed by atoms with E-state index in [0.717, 1.165) is 24.2 Å². The highest BCUT2D eigenvalue weighted by molar-refractivity contribution is 6.32. The van der Waals surface area contributed by atoms with E-state index in [9.17, 15) is 4.79 Å². The second-order valence-electron chi connectivity index (χ2n) is 5.87. The largest absolute Gasteiger partial charge is 0.490 e. The number of benzene rings is 2. The molecule has 126 valence electrons. The molecule has 0 atom stereocenters. The minimum Gasteiger partial charge on any atom is -0.490 e. The fraction of sp³-hybridized carbons (Fsp3) is 0.316. The summed E-state index contributed by atoms with van der Waals surface area (Å²) in [6.07, 6.45) is 2.00. The summed E-state index contributed by atoms with van der Waals surface area (Å²) in [4.78, 5) is 11.5. The Hall–Kier alpha value is -2.20. The smallest absolute Gasteiger partial charge is 0.223 e. The third kappa shape index (κ3) is 4.42. The molecular weight excluding hydrogens is 326 g/mol. The van der Waals surface area contributed by atoms with E-state index in [-0.39, 0.29) is 11.8 Å². The van der Waals surface area contributed by atoms with E-state index in [4.69, 9.17) is 21.1 Å². The molecule has 0 radical (unpaired) electrons. The number of hydrogen-bond acceptors (Lipinski definition) is 3. The van der Waals surface area contributed by atoms with Gasteiger partial charge in [-0.15, -0.1) is 0 Å². The van der Waals surface area contributed by atoms with Crippen molar-refractivity contribution in [1.29, 1.82) is 0 Å². The van der Waals surface area contributed by atoms with Gasteiger partial charge >= 0.3 is 0 Å². The molecule has 4 nitrogen and oxygen atoms in total. The standard InChI is InChI=1S/C19H20ClNO3/c1-13-4-2-3-5-17(13)24-15-8-9-18(16(20)12-15)23-11-10-21-19(22)14-6-7-14/h2-5,8-9,12,14H,6-7,10-11H2,1H3,(H,21,22). The SMILES string of the molecule is Cc1ccccc1Oc1ccc(OCCNC(=O)C2CC2)c(Cl)c1. The summed E-state index contributed by atoms with van der Waals surface area (Å²) in [5.41, 5.74) is 1.06. The van der Waals surface area contributed by atoms with Crippen LogP contribution in [-0.2, 0) is 4.79 Å². The molecule has 0 aliphatic heterocycles. The lowest BCUT2D eigenvalue weighted by atomic mass is 10.2. The summed E-state index contributed by atoms with van der Waals surface area (Å²) in [6, 6.07) is 13.1. The molecule has 0 spiro atoms. The van der Waals surface area contributed by atoms with Crippen LogP contribution in [0, 0.1) is 12.8 Å². The van der Waals surface area contributed by atoms with Crippen molar-refractivity contribution in [2.45, 2.75) is 19.8 Å². The van der Waals surface area contributed by atoms with Crippen LogP contribution in [0.15, 0.2) is 42.5 Å². The molecule has 0 heterocycles. The van der Waals surface area contributed by atoms with Crippen LogP contribution in [0.25, 0.3) is 0 Å². The first-order valence-corrected chi connectivity index (χ1v) is 8.45. The molecule has 1 aliphatic rings. The lowest BCUT2D eigenvalue weighted by Gasteiger charge is -2.12. The number of hydrogen-bond donors (Lipinski definition) is 1. The van der Waals surface area contributed by atoms with Gasteiger partial charge in [-0.2, -0.15) is 0 Å². The van der Waals surface area contributed by atoms with Crippen molar-refractivity contribution in [3.8, 4) is 17.2 Å². The van der Waals surface area contributed by atoms with Gasteiger partial charge in [-0.05, 0) is 43.5 Å². The maximum atomic E-state index is 11.5. The van der Waals surface area contributed by atoms with Crippen molar-refractivity contribution in [2.24, 2.45) is 5.92 Å². The molecule has 1 saturated carbocycles. The molecule has 1 amide bonds. The highest BCUT2D eigenvalue weighted by Gasteiger charge is 2.29. The molecule has 24 heavy (non-hydrogen) atoms. The fourth-order valence-electron chi connectivity index (χ4n) is 2.29. The summed E-state index contributed by atoms with van der Waals surface area (Å²) in [5, 5.41) is 3.33. The van der Waals surface area contributed by atoms with Crippen LogP contribution in [0.2, 0.25) is 5.02 Å². The Morgan fingerprint density at radius 2 is 2.00 bits per heavy atom. The highest BCUT2D eigenvalue weighted by atomic mass is 35.5. The molecular formula is C19H20ClNO3. The van der Waals surface area contributed by atoms with Crippen molar-refractivity contribution in [1.82, 2.24) is 5.32 Å². The Kier molecular flexibility index (Phi) is 5.26. The molecule has 1 fully saturated rings. The number of aryl methyl sites for hydroxylation is 1. The third-order valence-corrected chi connectivity index (χ3v) is 4.13. The van der Waals surface area contributed by atoms with Crippen LogP contribution in [0.1, 0.15) is 18.4 Å². The number of carbonyl (C=O) groups is 1. The minimum atomic E-state index is 0.117. The van der Waals surface area contributed by atoms with Crippen molar-refractivity contribution >= 4 is 17.5 Å². The number of nitrogens with one attached hydrogen (secondary N) is 1. The Balaban J connectivity index is 1.52. The van der Waals surface area contributed by atoms with Crippen LogP contribution in [0.3, 0.4) is 0 Å². The summed E-state index contributed by atoms with van der Waals surface area (Å²) < 4.78 is 11.5. The quantitative estimate of drug-likeness (QED) is 0.759. The van der Waals surface area contributed by atoms with E-state index in [1.54, 1.807) is 12.1 Å². The van der Waals surface area contributed by atoms with Gasteiger partial charge in [0.25, 0.3) is 0 Å². The van der Waals surface area contributed by atoms with Gasteiger partial charge in [-0.25, -0.2) is 0 Å². The zero-order chi connectivity index (χ0) is 16.9. The molecule has 3 rings (SSSR count). The first-order valence-electron chi connectivity index (χ1n) is 8.07. The van der Waals surface area contributed by atoms with E-state index >= 15 is 0 Å². The number of ether oxygens (including phenoxy) is 2. The van der Waals surface area contributed by atoms with Gasteiger partial charge in [-0.1, -0.05) is 29.8 Å². The zero-order valence-corrected chi connectivity index (χ0v) is 14.3. The van der Waals surface area contributed by atoms with E-state index in [1.165, 1.54) is 0 Å². The Morgan fingerprint density at radius 3 is 2.71 bits per heavy atom. The maximum Gasteiger partial charge on any atom is 0.223 e. The predicted octanol–water partition coefficient (Wildman–Crippen LogP) is 4.35. The molecule has 1 N–H and O–H groups in total. The van der Waals surface area contributed by atoms with E-state index in [0.29, 0.717) is 29.7 Å². The van der Waals surface area contributed by atoms with E-state index in [1.807, 2.05) is 37.3 Å². The first-order chi connectivity index (χ1) is 11.6. The van der Waals surface area contributed by atoms with Crippen LogP contribution >= 0.6 is 11.6 Å². The van der Waals surface area contributed by atoms with Gasteiger partial charge in [0.1, 0.15) is 23.9 Å². The molecule has 2 aromatic rings. The normalized spacial score (nSPS) is 13.4. The minimum absolute atomic E-state index is 0.117. The van der Waals surface area contributed by atoms with Gasteiger partial charge in [0.2, 0.25) is 5.91 Å². The Labute approximate surface area is 146 Å². The number of halogens is 1. The second kappa shape index (κ2) is 7.58. The molecule has 0 bridgehead atoms. The van der Waals surface area contributed by atoms with Crippen LogP contribution in [0.5, 0.6) is 17.2 Å². The average Bonchev–Trinajstić information content (AvgIpc) is 3.40. The topological polar surface area (TPSA) is 47.6 Å². The maximum absolute atomic E-state index is 11.5. The summed E-state index contributed by atoms with van der Waals surface area (Å²) in [5.74, 6) is 2.36. The summed E-state index contributed by atoms with van der Waals surface area (Å²) >= 11 is 6.24. The highest BCUT2D eigenvalue weighted by Crippen LogP contribution is 2.32. The Bertz CT molecular complexity index is 728. The van der Waals surface area contributed by atoms with Gasteiger partial charge in [0.15, 0.2) is 0 Å². The first kappa shape index (κ1) is 16.7. The Morgan fingerprint density at radius 1 is 1.21 bits per heavy atom. The van der Waals surface area contributed by atoms with Gasteiger partial charge < -0.3 is 14.8 Å². The van der Waals surface area contributed by atoms with Gasteiger partial charge in [0.05, 0.1) is 11.6 Å². The fourth-order valence-corrected chi connectivity index (χ4v) is 2.51. The predicted molar refractivity (Wildman–Crippen MR) is 93.9 cm³/mol. The zero-order valence-electron chi connectivity index (χ0n) is 13.5. The number of para-hydroxylation sites is 1. The molecule has 2 aromatic carbocycles. The molecule has 0 saturated heterocycles. The number of rotatable bonds is 7. The van der Waals surface area contributed by atoms with Crippen LogP contribution in [-0.4, -0.2) is 19.1 Å². The van der Waals surface area contributed by atoms with Crippen LogP contribution in [0.4, 0.5) is 0 Å². The van der Waals surface area contributed by atoms with Crippen molar-refractivity contribution in [3.63, 3.8) is 0 Å². The lowest BCUT2D eigenvalue weighted by Crippen LogP contribution is -2.29. The third-order valence-electron chi connectivity index (χ3n) is 3.83. The van der Waals surface area contributed by atoms with Gasteiger partial charge in [0, 0.05) is 12.0 Å². The molecule has 0 aromatic heterocycles. The van der Waals surface area contributed by atoms with Crippen LogP contribution < -0.4 is 14.8 Å². The lowest BCUT2D eigenvalue weighted by molar-refractivity contribution is -0.122. The van der Waals surface area contributed by atoms with E-state index < -0.39 is 0 Å².